The van der Waals surface area contributed by atoms with E-state index in [1.807, 2.05) is 0 Å². The van der Waals surface area contributed by atoms with Crippen LogP contribution in [0.1, 0.15) is 71.6 Å². The van der Waals surface area contributed by atoms with Crippen molar-refractivity contribution in [2.45, 2.75) is 71.6 Å². The fourth-order valence-corrected chi connectivity index (χ4v) is 2.54. The van der Waals surface area contributed by atoms with Crippen LogP contribution in [0.5, 0.6) is 0 Å². The molecule has 0 bridgehead atoms. The van der Waals surface area contributed by atoms with E-state index in [1.165, 1.54) is 44.9 Å². The molecule has 0 aliphatic carbocycles. The Morgan fingerprint density at radius 2 is 1.61 bits per heavy atom. The average Bonchev–Trinajstić information content (AvgIpc) is 2.38. The van der Waals surface area contributed by atoms with Gasteiger partial charge in [0.05, 0.1) is 0 Å². The van der Waals surface area contributed by atoms with Gasteiger partial charge in [-0.15, -0.1) is 0 Å². The van der Waals surface area contributed by atoms with Gasteiger partial charge in [-0.2, -0.15) is 0 Å². The Labute approximate surface area is 115 Å². The van der Waals surface area contributed by atoms with E-state index >= 15 is 0 Å². The third-order valence-electron chi connectivity index (χ3n) is 3.26. The first-order valence-electron chi connectivity index (χ1n) is 7.39. The minimum absolute atomic E-state index is 0.0757. The Hall–Kier alpha value is -0.353. The second kappa shape index (κ2) is 13.1. The van der Waals surface area contributed by atoms with Gasteiger partial charge >= 0.3 is 10.0 Å². The van der Waals surface area contributed by atoms with Gasteiger partial charge in [0, 0.05) is 13.5 Å². The van der Waals surface area contributed by atoms with Crippen molar-refractivity contribution in [1.82, 2.24) is 0 Å². The summed E-state index contributed by atoms with van der Waals surface area (Å²) in [6.45, 7) is 4.48. The van der Waals surface area contributed by atoms with E-state index in [1.54, 1.807) is 7.11 Å². The van der Waals surface area contributed by atoms with E-state index in [2.05, 4.69) is 13.8 Å². The highest BCUT2D eigenvalue weighted by atomic mass is 28.3. The van der Waals surface area contributed by atoms with Gasteiger partial charge in [0.2, 0.25) is 0 Å². The third kappa shape index (κ3) is 10.8. The van der Waals surface area contributed by atoms with Crippen LogP contribution < -0.4 is 0 Å². The van der Waals surface area contributed by atoms with Crippen LogP contribution in [0.4, 0.5) is 0 Å². The van der Waals surface area contributed by atoms with Gasteiger partial charge in [0.25, 0.3) is 5.97 Å². The zero-order valence-corrected chi connectivity index (χ0v) is 13.8. The highest BCUT2D eigenvalue weighted by molar-refractivity contribution is 6.22. The van der Waals surface area contributed by atoms with Gasteiger partial charge in [-0.05, 0) is 18.8 Å². The standard InChI is InChI=1S/C14H30O3Si/c1-4-6-9-13(10-7-5-2)11-8-12-14(15)17-18-16-3/h13H,4-12,18H2,1-3H3. The third-order valence-corrected chi connectivity index (χ3v) is 3.94. The SMILES string of the molecule is CCCCC(CCCC)CCCC(=O)O[SiH2]OC. The molecule has 0 aliphatic heterocycles. The smallest absolute Gasteiger partial charge is 0.368 e. The van der Waals surface area contributed by atoms with Crippen LogP contribution in [0.2, 0.25) is 0 Å². The van der Waals surface area contributed by atoms with Crippen molar-refractivity contribution >= 4 is 16.0 Å². The molecule has 0 amide bonds. The molecule has 0 rings (SSSR count). The maximum Gasteiger partial charge on any atom is 0.368 e. The van der Waals surface area contributed by atoms with Crippen LogP contribution in [0.25, 0.3) is 0 Å². The predicted molar refractivity (Wildman–Crippen MR) is 78.0 cm³/mol. The number of rotatable bonds is 12. The summed E-state index contributed by atoms with van der Waals surface area (Å²) in [6, 6.07) is 0. The highest BCUT2D eigenvalue weighted by Crippen LogP contribution is 2.22. The number of hydrogen-bond donors (Lipinski definition) is 0. The van der Waals surface area contributed by atoms with Crippen LogP contribution in [-0.2, 0) is 13.6 Å². The molecule has 0 fully saturated rings. The molecule has 0 radical (unpaired) electrons. The molecule has 0 saturated heterocycles. The van der Waals surface area contributed by atoms with Gasteiger partial charge < -0.3 is 8.85 Å². The molecule has 18 heavy (non-hydrogen) atoms. The van der Waals surface area contributed by atoms with Crippen LogP contribution >= 0.6 is 0 Å². The zero-order valence-electron chi connectivity index (χ0n) is 12.4. The first-order valence-corrected chi connectivity index (χ1v) is 8.54. The van der Waals surface area contributed by atoms with Gasteiger partial charge in [-0.25, -0.2) is 0 Å². The molecule has 0 aromatic heterocycles. The summed E-state index contributed by atoms with van der Waals surface area (Å²) in [4.78, 5) is 11.3. The molecule has 0 saturated carbocycles. The van der Waals surface area contributed by atoms with Gasteiger partial charge in [0.15, 0.2) is 0 Å². The van der Waals surface area contributed by atoms with E-state index in [4.69, 9.17) is 8.85 Å². The lowest BCUT2D eigenvalue weighted by molar-refractivity contribution is -0.135. The first-order chi connectivity index (χ1) is 8.74. The Morgan fingerprint density at radius 1 is 1.06 bits per heavy atom. The van der Waals surface area contributed by atoms with Crippen LogP contribution in [0.3, 0.4) is 0 Å². The molecule has 0 heterocycles. The topological polar surface area (TPSA) is 35.5 Å². The van der Waals surface area contributed by atoms with Crippen molar-refractivity contribution < 1.29 is 13.6 Å². The van der Waals surface area contributed by atoms with Gasteiger partial charge in [-0.3, -0.25) is 4.79 Å². The Kier molecular flexibility index (Phi) is 12.8. The lowest BCUT2D eigenvalue weighted by Gasteiger charge is -2.15. The molecule has 0 spiro atoms. The Morgan fingerprint density at radius 3 is 2.11 bits per heavy atom. The molecule has 108 valence electrons. The zero-order chi connectivity index (χ0) is 13.6. The maximum atomic E-state index is 11.3. The summed E-state index contributed by atoms with van der Waals surface area (Å²) in [6.07, 6.45) is 10.5. The van der Waals surface area contributed by atoms with Crippen LogP contribution in [0.15, 0.2) is 0 Å². The van der Waals surface area contributed by atoms with Crippen molar-refractivity contribution in [2.24, 2.45) is 5.92 Å². The summed E-state index contributed by atoms with van der Waals surface area (Å²) < 4.78 is 9.85. The molecule has 0 atom stereocenters. The Bertz CT molecular complexity index is 189. The molecule has 0 aliphatic rings. The largest absolute Gasteiger partial charge is 0.499 e. The second-order valence-electron chi connectivity index (χ2n) is 4.97. The lowest BCUT2D eigenvalue weighted by Crippen LogP contribution is -2.10. The van der Waals surface area contributed by atoms with E-state index in [0.29, 0.717) is 6.42 Å². The van der Waals surface area contributed by atoms with Crippen molar-refractivity contribution in [1.29, 1.82) is 0 Å². The summed E-state index contributed by atoms with van der Waals surface area (Å²) >= 11 is 0. The molecule has 0 N–H and O–H groups in total. The van der Waals surface area contributed by atoms with Crippen LogP contribution in [0, 0.1) is 5.92 Å². The van der Waals surface area contributed by atoms with E-state index in [9.17, 15) is 4.79 Å². The quantitative estimate of drug-likeness (QED) is 0.512. The summed E-state index contributed by atoms with van der Waals surface area (Å²) in [7, 11) is 0.539. The number of hydrogen-bond acceptors (Lipinski definition) is 3. The van der Waals surface area contributed by atoms with Gasteiger partial charge in [0.1, 0.15) is 0 Å². The van der Waals surface area contributed by atoms with Gasteiger partial charge in [-0.1, -0.05) is 52.4 Å². The Balaban J connectivity index is 3.69. The predicted octanol–water partition coefficient (Wildman–Crippen LogP) is 3.34. The molecular weight excluding hydrogens is 244 g/mol. The van der Waals surface area contributed by atoms with E-state index in [0.717, 1.165) is 12.3 Å². The number of unbranched alkanes of at least 4 members (excludes halogenated alkanes) is 2. The van der Waals surface area contributed by atoms with Crippen molar-refractivity contribution in [3.8, 4) is 0 Å². The minimum Gasteiger partial charge on any atom is -0.499 e. The fraction of sp³-hybridized carbons (Fsp3) is 0.929. The van der Waals surface area contributed by atoms with Crippen molar-refractivity contribution in [3.05, 3.63) is 0 Å². The van der Waals surface area contributed by atoms with Crippen LogP contribution in [-0.4, -0.2) is 23.1 Å². The highest BCUT2D eigenvalue weighted by Gasteiger charge is 2.09. The minimum atomic E-state index is -1.05. The molecule has 0 unspecified atom stereocenters. The second-order valence-corrected chi connectivity index (χ2v) is 6.07. The molecule has 4 heteroatoms. The lowest BCUT2D eigenvalue weighted by atomic mass is 9.91. The summed E-state index contributed by atoms with van der Waals surface area (Å²) in [5.41, 5.74) is 0. The average molecular weight is 274 g/mol. The normalized spacial score (nSPS) is 11.6. The first kappa shape index (κ1) is 17.6. The molecular formula is C14H30O3Si. The molecule has 3 nitrogen and oxygen atoms in total. The number of carbonyl (C=O) groups excluding carboxylic acids is 1. The molecule has 0 aromatic rings. The molecule has 0 aromatic carbocycles. The van der Waals surface area contributed by atoms with E-state index in [-0.39, 0.29) is 5.97 Å². The maximum absolute atomic E-state index is 11.3. The monoisotopic (exact) mass is 274 g/mol. The number of carbonyl (C=O) groups is 1. The van der Waals surface area contributed by atoms with Crippen molar-refractivity contribution in [2.75, 3.05) is 7.11 Å². The summed E-state index contributed by atoms with van der Waals surface area (Å²) in [5, 5.41) is 0. The summed E-state index contributed by atoms with van der Waals surface area (Å²) in [5.74, 6) is 0.727. The fourth-order valence-electron chi connectivity index (χ4n) is 2.15. The van der Waals surface area contributed by atoms with E-state index < -0.39 is 10.0 Å². The van der Waals surface area contributed by atoms with Crippen molar-refractivity contribution in [3.63, 3.8) is 0 Å².